The van der Waals surface area contributed by atoms with Crippen LogP contribution in [0.2, 0.25) is 5.02 Å². The number of halogens is 1. The molecule has 1 aromatic carbocycles. The Morgan fingerprint density at radius 2 is 2.16 bits per heavy atom. The molecule has 0 bridgehead atoms. The molecular formula is C22H27ClN4O4. The van der Waals surface area contributed by atoms with Gasteiger partial charge in [0.2, 0.25) is 11.8 Å². The van der Waals surface area contributed by atoms with Gasteiger partial charge in [0.1, 0.15) is 11.9 Å². The molecule has 0 spiro atoms. The van der Waals surface area contributed by atoms with Crippen molar-refractivity contribution in [1.82, 2.24) is 19.6 Å². The fourth-order valence-electron chi connectivity index (χ4n) is 3.94. The number of carbonyl (C=O) groups excluding carboxylic acids is 2. The molecule has 9 heteroatoms. The summed E-state index contributed by atoms with van der Waals surface area (Å²) in [5.41, 5.74) is 1.81. The van der Waals surface area contributed by atoms with Crippen LogP contribution in [0.4, 0.5) is 0 Å². The van der Waals surface area contributed by atoms with Crippen LogP contribution in [0, 0.1) is 0 Å². The Kier molecular flexibility index (Phi) is 6.77. The highest BCUT2D eigenvalue weighted by atomic mass is 35.5. The Morgan fingerprint density at radius 3 is 2.94 bits per heavy atom. The standard InChI is InChI=1S/C22H27ClN4O4/c1-25-16(8-11-30-19-6-3-2-5-17(19)23)13-18(24-25)20-14-27(10-12-31-20)22(29)15-26-9-4-7-21(26)28/h2-3,5-6,13,20H,4,7-12,14-15H2,1H3. The average Bonchev–Trinajstić information content (AvgIpc) is 3.35. The lowest BCUT2D eigenvalue weighted by atomic mass is 10.2. The summed E-state index contributed by atoms with van der Waals surface area (Å²) in [7, 11) is 1.89. The van der Waals surface area contributed by atoms with Gasteiger partial charge in [-0.1, -0.05) is 23.7 Å². The monoisotopic (exact) mass is 446 g/mol. The molecule has 2 aliphatic heterocycles. The van der Waals surface area contributed by atoms with E-state index >= 15 is 0 Å². The van der Waals surface area contributed by atoms with Crippen molar-refractivity contribution in [3.8, 4) is 5.75 Å². The Bertz CT molecular complexity index is 947. The quantitative estimate of drug-likeness (QED) is 0.651. The zero-order chi connectivity index (χ0) is 21.8. The molecule has 2 aliphatic rings. The summed E-state index contributed by atoms with van der Waals surface area (Å²) >= 11 is 6.13. The van der Waals surface area contributed by atoms with Crippen LogP contribution < -0.4 is 4.74 Å². The van der Waals surface area contributed by atoms with Crippen molar-refractivity contribution in [3.05, 3.63) is 46.7 Å². The number of aryl methyl sites for hydroxylation is 1. The SMILES string of the molecule is Cn1nc(C2CN(C(=O)CN3CCCC3=O)CCO2)cc1CCOc1ccccc1Cl. The van der Waals surface area contributed by atoms with Crippen LogP contribution in [-0.2, 0) is 27.8 Å². The van der Waals surface area contributed by atoms with Gasteiger partial charge in [-0.3, -0.25) is 14.3 Å². The van der Waals surface area contributed by atoms with E-state index in [4.69, 9.17) is 21.1 Å². The summed E-state index contributed by atoms with van der Waals surface area (Å²) < 4.78 is 13.5. The third-order valence-electron chi connectivity index (χ3n) is 5.69. The van der Waals surface area contributed by atoms with Crippen molar-refractivity contribution in [2.45, 2.75) is 25.4 Å². The molecule has 1 aromatic heterocycles. The van der Waals surface area contributed by atoms with Crippen LogP contribution in [0.5, 0.6) is 5.75 Å². The fourth-order valence-corrected chi connectivity index (χ4v) is 4.13. The van der Waals surface area contributed by atoms with Gasteiger partial charge in [-0.15, -0.1) is 0 Å². The number of aromatic nitrogens is 2. The highest BCUT2D eigenvalue weighted by molar-refractivity contribution is 6.32. The molecule has 0 saturated carbocycles. The van der Waals surface area contributed by atoms with E-state index in [1.807, 2.05) is 36.0 Å². The van der Waals surface area contributed by atoms with Crippen molar-refractivity contribution < 1.29 is 19.1 Å². The second-order valence-corrected chi connectivity index (χ2v) is 8.24. The van der Waals surface area contributed by atoms with Gasteiger partial charge in [-0.25, -0.2) is 0 Å². The summed E-state index contributed by atoms with van der Waals surface area (Å²) in [6, 6.07) is 9.39. The van der Waals surface area contributed by atoms with Crippen molar-refractivity contribution in [2.24, 2.45) is 7.05 Å². The maximum atomic E-state index is 12.7. The maximum Gasteiger partial charge on any atom is 0.242 e. The number of ether oxygens (including phenoxy) is 2. The minimum atomic E-state index is -0.281. The van der Waals surface area contributed by atoms with Crippen molar-refractivity contribution in [2.75, 3.05) is 39.4 Å². The molecule has 3 heterocycles. The molecular weight excluding hydrogens is 420 g/mol. The summed E-state index contributed by atoms with van der Waals surface area (Å²) in [6.45, 7) is 2.71. The topological polar surface area (TPSA) is 76.9 Å². The number of hydrogen-bond donors (Lipinski definition) is 0. The van der Waals surface area contributed by atoms with E-state index in [-0.39, 0.29) is 24.5 Å². The third-order valence-corrected chi connectivity index (χ3v) is 6.01. The first-order chi connectivity index (χ1) is 15.0. The maximum absolute atomic E-state index is 12.7. The number of hydrogen-bond acceptors (Lipinski definition) is 5. The van der Waals surface area contributed by atoms with Gasteiger partial charge < -0.3 is 19.3 Å². The number of morpholine rings is 1. The summed E-state index contributed by atoms with van der Waals surface area (Å²) in [4.78, 5) is 27.9. The lowest BCUT2D eigenvalue weighted by Crippen LogP contribution is -2.47. The minimum Gasteiger partial charge on any atom is -0.492 e. The van der Waals surface area contributed by atoms with Gasteiger partial charge in [0.25, 0.3) is 0 Å². The first-order valence-corrected chi connectivity index (χ1v) is 11.0. The van der Waals surface area contributed by atoms with Gasteiger partial charge in [0.15, 0.2) is 0 Å². The third kappa shape index (κ3) is 5.19. The van der Waals surface area contributed by atoms with Gasteiger partial charge >= 0.3 is 0 Å². The molecule has 4 rings (SSSR count). The van der Waals surface area contributed by atoms with Crippen LogP contribution in [0.1, 0.15) is 30.3 Å². The van der Waals surface area contributed by atoms with Crippen LogP contribution in [0.25, 0.3) is 0 Å². The number of para-hydroxylation sites is 1. The first-order valence-electron chi connectivity index (χ1n) is 10.6. The number of amides is 2. The fraction of sp³-hybridized carbons (Fsp3) is 0.500. The van der Waals surface area contributed by atoms with E-state index < -0.39 is 0 Å². The van der Waals surface area contributed by atoms with Crippen LogP contribution in [0.3, 0.4) is 0 Å². The van der Waals surface area contributed by atoms with Crippen molar-refractivity contribution in [3.63, 3.8) is 0 Å². The molecule has 1 unspecified atom stereocenters. The van der Waals surface area contributed by atoms with E-state index in [2.05, 4.69) is 5.10 Å². The second kappa shape index (κ2) is 9.70. The number of rotatable bonds is 7. The smallest absolute Gasteiger partial charge is 0.242 e. The van der Waals surface area contributed by atoms with Crippen molar-refractivity contribution in [1.29, 1.82) is 0 Å². The van der Waals surface area contributed by atoms with Gasteiger partial charge in [0.05, 0.1) is 37.0 Å². The summed E-state index contributed by atoms with van der Waals surface area (Å²) in [5, 5.41) is 5.18. The Labute approximate surface area is 186 Å². The van der Waals surface area contributed by atoms with Crippen LogP contribution in [0.15, 0.2) is 30.3 Å². The molecule has 8 nitrogen and oxygen atoms in total. The van der Waals surface area contributed by atoms with Gasteiger partial charge in [-0.2, -0.15) is 5.10 Å². The van der Waals surface area contributed by atoms with Gasteiger partial charge in [-0.05, 0) is 24.6 Å². The predicted molar refractivity (Wildman–Crippen MR) is 115 cm³/mol. The summed E-state index contributed by atoms with van der Waals surface area (Å²) in [5.74, 6) is 0.687. The molecule has 0 N–H and O–H groups in total. The number of likely N-dealkylation sites (tertiary alicyclic amines) is 1. The predicted octanol–water partition coefficient (Wildman–Crippen LogP) is 2.22. The van der Waals surface area contributed by atoms with Crippen LogP contribution in [-0.4, -0.2) is 70.8 Å². The number of benzene rings is 1. The van der Waals surface area contributed by atoms with Crippen molar-refractivity contribution >= 4 is 23.4 Å². The van der Waals surface area contributed by atoms with E-state index in [0.29, 0.717) is 56.5 Å². The molecule has 2 amide bonds. The lowest BCUT2D eigenvalue weighted by molar-refractivity contribution is -0.143. The molecule has 2 aromatic rings. The highest BCUT2D eigenvalue weighted by Gasteiger charge is 2.30. The second-order valence-electron chi connectivity index (χ2n) is 7.83. The number of nitrogens with zero attached hydrogens (tertiary/aromatic N) is 4. The van der Waals surface area contributed by atoms with E-state index in [9.17, 15) is 9.59 Å². The van der Waals surface area contributed by atoms with E-state index in [1.165, 1.54) is 0 Å². The largest absolute Gasteiger partial charge is 0.492 e. The number of carbonyl (C=O) groups is 2. The Morgan fingerprint density at radius 1 is 1.32 bits per heavy atom. The minimum absolute atomic E-state index is 0.0344. The molecule has 0 radical (unpaired) electrons. The molecule has 31 heavy (non-hydrogen) atoms. The molecule has 166 valence electrons. The van der Waals surface area contributed by atoms with Gasteiger partial charge in [0, 0.05) is 38.7 Å². The van der Waals surface area contributed by atoms with Crippen LogP contribution >= 0.6 is 11.6 Å². The van der Waals surface area contributed by atoms with E-state index in [0.717, 1.165) is 17.8 Å². The first kappa shape index (κ1) is 21.6. The molecule has 1 atom stereocenters. The summed E-state index contributed by atoms with van der Waals surface area (Å²) in [6.07, 6.45) is 1.75. The lowest BCUT2D eigenvalue weighted by Gasteiger charge is -2.33. The molecule has 2 saturated heterocycles. The van der Waals surface area contributed by atoms with E-state index in [1.54, 1.807) is 15.9 Å². The normalized spacial score (nSPS) is 19.2. The zero-order valence-electron chi connectivity index (χ0n) is 17.6. The zero-order valence-corrected chi connectivity index (χ0v) is 18.4. The molecule has 0 aliphatic carbocycles. The average molecular weight is 447 g/mol. The molecule has 2 fully saturated rings. The Hall–Kier alpha value is -2.58. The Balaban J connectivity index is 1.33. The highest BCUT2D eigenvalue weighted by Crippen LogP contribution is 2.25.